The number of carbonyl (C=O) groups is 3. The third kappa shape index (κ3) is 5.55. The molecule has 0 bridgehead atoms. The van der Waals surface area contributed by atoms with Gasteiger partial charge in [-0.3, -0.25) is 9.59 Å². The lowest BCUT2D eigenvalue weighted by Gasteiger charge is -2.12. The summed E-state index contributed by atoms with van der Waals surface area (Å²) in [6.45, 7) is 1.42. The van der Waals surface area contributed by atoms with Crippen LogP contribution in [0, 0.1) is 5.82 Å². The van der Waals surface area contributed by atoms with Gasteiger partial charge in [0.15, 0.2) is 6.10 Å². The van der Waals surface area contributed by atoms with E-state index in [0.717, 1.165) is 6.08 Å². The van der Waals surface area contributed by atoms with Crippen molar-refractivity contribution in [2.24, 2.45) is 5.73 Å². The molecule has 0 radical (unpaired) electrons. The van der Waals surface area contributed by atoms with E-state index in [4.69, 9.17) is 10.5 Å². The predicted octanol–water partition coefficient (Wildman–Crippen LogP) is 2.51. The van der Waals surface area contributed by atoms with E-state index in [9.17, 15) is 18.8 Å². The number of nitrogens with one attached hydrogen (secondary N) is 1. The highest BCUT2D eigenvalue weighted by Crippen LogP contribution is 2.10. The van der Waals surface area contributed by atoms with Crippen molar-refractivity contribution in [3.8, 4) is 0 Å². The lowest BCUT2D eigenvalue weighted by molar-refractivity contribution is -0.148. The minimum Gasteiger partial charge on any atom is -0.449 e. The first-order valence-electron chi connectivity index (χ1n) is 7.70. The second kappa shape index (κ2) is 8.57. The summed E-state index contributed by atoms with van der Waals surface area (Å²) in [7, 11) is 0. The molecule has 2 aromatic rings. The number of ether oxygens (including phenoxy) is 1. The van der Waals surface area contributed by atoms with Crippen LogP contribution in [0.15, 0.2) is 54.6 Å². The Balaban J connectivity index is 1.89. The van der Waals surface area contributed by atoms with Crippen LogP contribution in [0.4, 0.5) is 10.1 Å². The number of esters is 1. The lowest BCUT2D eigenvalue weighted by Crippen LogP contribution is -2.29. The van der Waals surface area contributed by atoms with E-state index < -0.39 is 29.7 Å². The summed E-state index contributed by atoms with van der Waals surface area (Å²) in [4.78, 5) is 34.8. The predicted molar refractivity (Wildman–Crippen MR) is 94.6 cm³/mol. The maximum Gasteiger partial charge on any atom is 0.331 e. The summed E-state index contributed by atoms with van der Waals surface area (Å²) in [5.74, 6) is -2.27. The molecule has 0 aliphatic heterocycles. The first kappa shape index (κ1) is 18.9. The van der Waals surface area contributed by atoms with E-state index in [2.05, 4.69) is 5.32 Å². The van der Waals surface area contributed by atoms with Crippen molar-refractivity contribution in [3.63, 3.8) is 0 Å². The summed E-state index contributed by atoms with van der Waals surface area (Å²) >= 11 is 0. The number of primary amides is 1. The number of nitrogens with two attached hydrogens (primary N) is 1. The van der Waals surface area contributed by atoms with Gasteiger partial charge < -0.3 is 15.8 Å². The van der Waals surface area contributed by atoms with Crippen LogP contribution >= 0.6 is 0 Å². The molecular formula is C19H17FN2O4. The van der Waals surface area contributed by atoms with Crippen molar-refractivity contribution in [1.82, 2.24) is 0 Å². The average Bonchev–Trinajstić information content (AvgIpc) is 2.60. The molecule has 0 aromatic heterocycles. The Labute approximate surface area is 149 Å². The Bertz CT molecular complexity index is 847. The summed E-state index contributed by atoms with van der Waals surface area (Å²) in [6.07, 6.45) is 1.45. The number of halogens is 1. The van der Waals surface area contributed by atoms with Gasteiger partial charge in [0.25, 0.3) is 5.91 Å². The van der Waals surface area contributed by atoms with E-state index >= 15 is 0 Å². The lowest BCUT2D eigenvalue weighted by atomic mass is 10.2. The highest BCUT2D eigenvalue weighted by Gasteiger charge is 2.16. The molecule has 7 heteroatoms. The Hall–Kier alpha value is -3.48. The minimum atomic E-state index is -1.05. The molecule has 2 aromatic carbocycles. The van der Waals surface area contributed by atoms with Gasteiger partial charge in [-0.2, -0.15) is 0 Å². The molecule has 134 valence electrons. The molecule has 0 unspecified atom stereocenters. The van der Waals surface area contributed by atoms with Gasteiger partial charge in [0.05, 0.1) is 0 Å². The van der Waals surface area contributed by atoms with Crippen LogP contribution in [0.1, 0.15) is 22.8 Å². The van der Waals surface area contributed by atoms with Crippen molar-refractivity contribution >= 4 is 29.5 Å². The summed E-state index contributed by atoms with van der Waals surface area (Å²) in [5.41, 5.74) is 6.37. The first-order chi connectivity index (χ1) is 12.3. The Morgan fingerprint density at radius 3 is 2.46 bits per heavy atom. The fraction of sp³-hybridized carbons (Fsp3) is 0.105. The van der Waals surface area contributed by atoms with Gasteiger partial charge in [-0.1, -0.05) is 12.1 Å². The van der Waals surface area contributed by atoms with Crippen LogP contribution in [0.3, 0.4) is 0 Å². The number of carbonyl (C=O) groups excluding carboxylic acids is 3. The summed E-state index contributed by atoms with van der Waals surface area (Å²) < 4.78 is 18.0. The number of rotatable bonds is 6. The van der Waals surface area contributed by atoms with Gasteiger partial charge in [-0.05, 0) is 55.0 Å². The molecule has 0 saturated heterocycles. The van der Waals surface area contributed by atoms with Crippen molar-refractivity contribution in [2.75, 3.05) is 5.32 Å². The van der Waals surface area contributed by atoms with E-state index in [-0.39, 0.29) is 0 Å². The number of benzene rings is 2. The van der Waals surface area contributed by atoms with Crippen molar-refractivity contribution in [1.29, 1.82) is 0 Å². The van der Waals surface area contributed by atoms with Crippen molar-refractivity contribution in [3.05, 3.63) is 71.6 Å². The molecule has 0 fully saturated rings. The first-order valence-corrected chi connectivity index (χ1v) is 7.70. The fourth-order valence-corrected chi connectivity index (χ4v) is 2.00. The molecule has 3 N–H and O–H groups in total. The number of hydrogen-bond donors (Lipinski definition) is 2. The largest absolute Gasteiger partial charge is 0.449 e. The number of anilines is 1. The molecular weight excluding hydrogens is 339 g/mol. The Morgan fingerprint density at radius 1 is 1.15 bits per heavy atom. The molecule has 2 rings (SSSR count). The van der Waals surface area contributed by atoms with Gasteiger partial charge >= 0.3 is 5.97 Å². The van der Waals surface area contributed by atoms with E-state index in [0.29, 0.717) is 16.8 Å². The van der Waals surface area contributed by atoms with Gasteiger partial charge in [-0.15, -0.1) is 0 Å². The van der Waals surface area contributed by atoms with Gasteiger partial charge in [0.1, 0.15) is 5.82 Å². The SMILES string of the molecule is C[C@@H](OC(=O)/C=C/c1cccc(F)c1)C(=O)Nc1ccc(C(N)=O)cc1. The highest BCUT2D eigenvalue weighted by molar-refractivity contribution is 5.97. The highest BCUT2D eigenvalue weighted by atomic mass is 19.1. The molecule has 6 nitrogen and oxygen atoms in total. The molecule has 0 aliphatic rings. The van der Waals surface area contributed by atoms with Gasteiger partial charge in [-0.25, -0.2) is 9.18 Å². The van der Waals surface area contributed by atoms with Crippen molar-refractivity contribution in [2.45, 2.75) is 13.0 Å². The number of amides is 2. The third-order valence-electron chi connectivity index (χ3n) is 3.36. The molecule has 0 aliphatic carbocycles. The maximum atomic E-state index is 13.1. The van der Waals surface area contributed by atoms with Crippen LogP contribution in [0.25, 0.3) is 6.08 Å². The third-order valence-corrected chi connectivity index (χ3v) is 3.36. The number of hydrogen-bond acceptors (Lipinski definition) is 4. The fourth-order valence-electron chi connectivity index (χ4n) is 2.00. The Kier molecular flexibility index (Phi) is 6.21. The quantitative estimate of drug-likeness (QED) is 0.614. The zero-order chi connectivity index (χ0) is 19.1. The van der Waals surface area contributed by atoms with Crippen molar-refractivity contribution < 1.29 is 23.5 Å². The molecule has 2 amide bonds. The smallest absolute Gasteiger partial charge is 0.331 e. The topological polar surface area (TPSA) is 98.5 Å². The summed E-state index contributed by atoms with van der Waals surface area (Å²) in [5, 5.41) is 2.55. The van der Waals surface area contributed by atoms with Crippen LogP contribution in [0.2, 0.25) is 0 Å². The van der Waals surface area contributed by atoms with E-state index in [1.54, 1.807) is 6.07 Å². The molecule has 1 atom stereocenters. The standard InChI is InChI=1S/C19H17FN2O4/c1-12(19(25)22-16-8-6-14(7-9-16)18(21)24)26-17(23)10-5-13-3-2-4-15(20)11-13/h2-12H,1H3,(H2,21,24)(H,22,25)/b10-5+/t12-/m1/s1. The zero-order valence-corrected chi connectivity index (χ0v) is 13.9. The zero-order valence-electron chi connectivity index (χ0n) is 13.9. The average molecular weight is 356 g/mol. The molecule has 0 saturated carbocycles. The minimum absolute atomic E-state index is 0.310. The van der Waals surface area contributed by atoms with E-state index in [1.165, 1.54) is 55.5 Å². The van der Waals surface area contributed by atoms with Crippen LogP contribution in [-0.2, 0) is 14.3 Å². The van der Waals surface area contributed by atoms with E-state index in [1.807, 2.05) is 0 Å². The van der Waals surface area contributed by atoms with Crippen LogP contribution in [0.5, 0.6) is 0 Å². The van der Waals surface area contributed by atoms with Gasteiger partial charge in [0, 0.05) is 17.3 Å². The second-order valence-electron chi connectivity index (χ2n) is 5.40. The monoisotopic (exact) mass is 356 g/mol. The van der Waals surface area contributed by atoms with Crippen LogP contribution < -0.4 is 11.1 Å². The van der Waals surface area contributed by atoms with Crippen LogP contribution in [-0.4, -0.2) is 23.9 Å². The molecule has 0 spiro atoms. The molecule has 0 heterocycles. The molecule has 26 heavy (non-hydrogen) atoms. The van der Waals surface area contributed by atoms with Gasteiger partial charge in [0.2, 0.25) is 5.91 Å². The Morgan fingerprint density at radius 2 is 1.85 bits per heavy atom. The summed E-state index contributed by atoms with van der Waals surface area (Å²) in [6, 6.07) is 11.6. The maximum absolute atomic E-state index is 13.1. The second-order valence-corrected chi connectivity index (χ2v) is 5.40. The normalized spacial score (nSPS) is 11.8.